The number of aromatic nitrogens is 1. The van der Waals surface area contributed by atoms with Crippen LogP contribution in [0.4, 0.5) is 0 Å². The number of thiazole rings is 1. The van der Waals surface area contributed by atoms with Gasteiger partial charge in [0.15, 0.2) is 0 Å². The van der Waals surface area contributed by atoms with Crippen LogP contribution in [0.5, 0.6) is 0 Å². The Morgan fingerprint density at radius 2 is 2.22 bits per heavy atom. The van der Waals surface area contributed by atoms with Crippen LogP contribution in [-0.2, 0) is 19.7 Å². The summed E-state index contributed by atoms with van der Waals surface area (Å²) in [6.07, 6.45) is 7.87. The molecule has 3 aliphatic rings. The van der Waals surface area contributed by atoms with Crippen molar-refractivity contribution >= 4 is 39.1 Å². The molecule has 1 aromatic rings. The van der Waals surface area contributed by atoms with E-state index in [1.807, 2.05) is 0 Å². The van der Waals surface area contributed by atoms with E-state index in [1.165, 1.54) is 11.3 Å². The molecule has 4 rings (SSSR count). The Morgan fingerprint density at radius 3 is 2.74 bits per heavy atom. The maximum Gasteiger partial charge on any atom is 0.311 e. The highest BCUT2D eigenvalue weighted by Crippen LogP contribution is 2.76. The van der Waals surface area contributed by atoms with E-state index in [1.54, 1.807) is 13.1 Å². The third-order valence-corrected chi connectivity index (χ3v) is 7.37. The summed E-state index contributed by atoms with van der Waals surface area (Å²) in [6.45, 7) is 2.07. The van der Waals surface area contributed by atoms with Crippen LogP contribution in [0.1, 0.15) is 24.8 Å². The third kappa shape index (κ3) is 1.75. The Kier molecular flexibility index (Phi) is 3.26. The van der Waals surface area contributed by atoms with Gasteiger partial charge >= 0.3 is 5.97 Å². The van der Waals surface area contributed by atoms with Crippen molar-refractivity contribution in [2.45, 2.75) is 25.2 Å². The van der Waals surface area contributed by atoms with Gasteiger partial charge in [0.25, 0.3) is 0 Å². The number of hydrogen-bond acceptors (Lipinski definition) is 5. The number of primary amides is 1. The molecule has 1 aromatic heterocycles. The van der Waals surface area contributed by atoms with E-state index >= 15 is 0 Å². The summed E-state index contributed by atoms with van der Waals surface area (Å²) in [5, 5.41) is 0.623. The van der Waals surface area contributed by atoms with E-state index in [0.717, 1.165) is 16.6 Å². The molecule has 122 valence electrons. The highest BCUT2D eigenvalue weighted by atomic mass is 79.9. The maximum atomic E-state index is 12.8. The average Bonchev–Trinajstić information content (AvgIpc) is 2.97. The molecule has 1 amide bonds. The summed E-state index contributed by atoms with van der Waals surface area (Å²) in [7, 11) is 0. The van der Waals surface area contributed by atoms with Crippen LogP contribution >= 0.6 is 27.3 Å². The molecule has 7 heteroatoms. The molecule has 0 aliphatic heterocycles. The molecule has 3 aliphatic carbocycles. The lowest BCUT2D eigenvalue weighted by Crippen LogP contribution is -2.53. The number of amides is 1. The minimum Gasteiger partial charge on any atom is -0.466 e. The zero-order chi connectivity index (χ0) is 16.4. The first-order valence-electron chi connectivity index (χ1n) is 7.75. The molecule has 5 nitrogen and oxygen atoms in total. The van der Waals surface area contributed by atoms with Crippen LogP contribution in [-0.4, -0.2) is 23.5 Å². The van der Waals surface area contributed by atoms with Crippen molar-refractivity contribution in [2.75, 3.05) is 6.61 Å². The molecular formula is C16H17BrN2O3S. The Labute approximate surface area is 146 Å². The molecule has 0 radical (unpaired) electrons. The fraction of sp³-hybridized carbons (Fsp3) is 0.562. The summed E-state index contributed by atoms with van der Waals surface area (Å²) in [5.74, 6) is -1.43. The van der Waals surface area contributed by atoms with Gasteiger partial charge in [0, 0.05) is 5.92 Å². The van der Waals surface area contributed by atoms with E-state index in [9.17, 15) is 9.59 Å². The van der Waals surface area contributed by atoms with Crippen molar-refractivity contribution in [1.82, 2.24) is 4.98 Å². The van der Waals surface area contributed by atoms with E-state index in [2.05, 4.69) is 33.1 Å². The van der Waals surface area contributed by atoms with Crippen molar-refractivity contribution in [2.24, 2.45) is 28.9 Å². The van der Waals surface area contributed by atoms with Crippen LogP contribution in [0.3, 0.4) is 0 Å². The number of carbonyl (C=O) groups excluding carboxylic acids is 2. The molecule has 1 spiro atoms. The standard InChI is InChI=1S/C16H17BrN2O3S/c1-2-22-12(20)11-8-3-4-9(15(8)5-6-15)16(11,13(18)21)14-19-7-10(17)23-14/h3-4,7-9,11H,2,5-6H2,1H3,(H2,18,21)/t8-,9+,11+,16-/m1/s1. The minimum atomic E-state index is -1.08. The van der Waals surface area contributed by atoms with Crippen LogP contribution in [0, 0.1) is 23.2 Å². The van der Waals surface area contributed by atoms with E-state index in [0.29, 0.717) is 11.6 Å². The van der Waals surface area contributed by atoms with Gasteiger partial charge in [-0.3, -0.25) is 9.59 Å². The van der Waals surface area contributed by atoms with Gasteiger partial charge in [-0.15, -0.1) is 11.3 Å². The van der Waals surface area contributed by atoms with Gasteiger partial charge in [-0.1, -0.05) is 12.2 Å². The quantitative estimate of drug-likeness (QED) is 0.625. The molecule has 23 heavy (non-hydrogen) atoms. The SMILES string of the molecule is CCOC(=O)[C@@H]1[C@H]2C=C[C@@H](C23CC3)[C@@]1(C(N)=O)c1ncc(Br)s1. The molecule has 1 heterocycles. The lowest BCUT2D eigenvalue weighted by atomic mass is 9.67. The van der Waals surface area contributed by atoms with Gasteiger partial charge in [-0.2, -0.15) is 0 Å². The van der Waals surface area contributed by atoms with Crippen molar-refractivity contribution in [1.29, 1.82) is 0 Å². The fourth-order valence-corrected chi connectivity index (χ4v) is 6.30. The van der Waals surface area contributed by atoms with Gasteiger partial charge in [-0.05, 0) is 47.0 Å². The first kappa shape index (κ1) is 15.3. The molecular weight excluding hydrogens is 380 g/mol. The number of allylic oxidation sites excluding steroid dienone is 2. The molecule has 2 fully saturated rings. The highest BCUT2D eigenvalue weighted by molar-refractivity contribution is 9.11. The van der Waals surface area contributed by atoms with E-state index < -0.39 is 17.2 Å². The van der Waals surface area contributed by atoms with Crippen LogP contribution in [0.15, 0.2) is 22.1 Å². The molecule has 2 saturated carbocycles. The van der Waals surface area contributed by atoms with Gasteiger partial charge < -0.3 is 10.5 Å². The van der Waals surface area contributed by atoms with Crippen molar-refractivity contribution in [3.63, 3.8) is 0 Å². The van der Waals surface area contributed by atoms with Gasteiger partial charge in [0.2, 0.25) is 5.91 Å². The topological polar surface area (TPSA) is 82.3 Å². The second-order valence-electron chi connectivity index (χ2n) is 6.55. The molecule has 0 saturated heterocycles. The first-order chi connectivity index (χ1) is 11.0. The van der Waals surface area contributed by atoms with E-state index in [-0.39, 0.29) is 23.2 Å². The molecule has 2 bridgehead atoms. The van der Waals surface area contributed by atoms with Crippen molar-refractivity contribution in [3.05, 3.63) is 27.1 Å². The zero-order valence-corrected chi connectivity index (χ0v) is 15.0. The van der Waals surface area contributed by atoms with Crippen molar-refractivity contribution in [3.8, 4) is 0 Å². The van der Waals surface area contributed by atoms with Crippen LogP contribution in [0.2, 0.25) is 0 Å². The smallest absolute Gasteiger partial charge is 0.311 e. The lowest BCUT2D eigenvalue weighted by molar-refractivity contribution is -0.154. The number of hydrogen-bond donors (Lipinski definition) is 1. The largest absolute Gasteiger partial charge is 0.466 e. The first-order valence-corrected chi connectivity index (χ1v) is 9.36. The lowest BCUT2D eigenvalue weighted by Gasteiger charge is -2.36. The molecule has 2 N–H and O–H groups in total. The van der Waals surface area contributed by atoms with Crippen LogP contribution in [0.25, 0.3) is 0 Å². The monoisotopic (exact) mass is 396 g/mol. The van der Waals surface area contributed by atoms with Gasteiger partial charge in [0.1, 0.15) is 10.4 Å². The summed E-state index contributed by atoms with van der Waals surface area (Å²) < 4.78 is 6.14. The van der Waals surface area contributed by atoms with E-state index in [4.69, 9.17) is 10.5 Å². The number of carbonyl (C=O) groups is 2. The second kappa shape index (κ2) is 4.89. The number of esters is 1. The zero-order valence-electron chi connectivity index (χ0n) is 12.6. The Hall–Kier alpha value is -1.21. The number of nitrogens with zero attached hydrogens (tertiary/aromatic N) is 1. The van der Waals surface area contributed by atoms with Gasteiger partial charge in [0.05, 0.1) is 22.5 Å². The normalized spacial score (nSPS) is 35.7. The number of ether oxygens (including phenoxy) is 1. The summed E-state index contributed by atoms with van der Waals surface area (Å²) >= 11 is 4.79. The highest BCUT2D eigenvalue weighted by Gasteiger charge is 2.78. The predicted molar refractivity (Wildman–Crippen MR) is 88.6 cm³/mol. The summed E-state index contributed by atoms with van der Waals surface area (Å²) in [4.78, 5) is 29.9. The summed E-state index contributed by atoms with van der Waals surface area (Å²) in [6, 6.07) is 0. The number of rotatable bonds is 4. The number of nitrogens with two attached hydrogens (primary N) is 1. The van der Waals surface area contributed by atoms with Crippen molar-refractivity contribution < 1.29 is 14.3 Å². The minimum absolute atomic E-state index is 0.00932. The Morgan fingerprint density at radius 1 is 1.48 bits per heavy atom. The second-order valence-corrected chi connectivity index (χ2v) is 8.96. The van der Waals surface area contributed by atoms with Crippen LogP contribution < -0.4 is 5.73 Å². The maximum absolute atomic E-state index is 12.8. The third-order valence-electron chi connectivity index (χ3n) is 5.74. The Bertz CT molecular complexity index is 727. The van der Waals surface area contributed by atoms with Gasteiger partial charge in [-0.25, -0.2) is 4.98 Å². The Balaban J connectivity index is 1.93. The number of halogens is 1. The fourth-order valence-electron chi connectivity index (χ4n) is 4.82. The predicted octanol–water partition coefficient (Wildman–Crippen LogP) is 2.40. The molecule has 0 aromatic carbocycles. The average molecular weight is 397 g/mol. The molecule has 0 unspecified atom stereocenters. The summed E-state index contributed by atoms with van der Waals surface area (Å²) in [5.41, 5.74) is 4.81. The molecule has 4 atom stereocenters.